The van der Waals surface area contributed by atoms with Crippen molar-refractivity contribution in [1.82, 2.24) is 25.8 Å². The predicted molar refractivity (Wildman–Crippen MR) is 109 cm³/mol. The Kier molecular flexibility index (Phi) is 6.21. The molecule has 9 nitrogen and oxygen atoms in total. The maximum Gasteiger partial charge on any atom is 0.262 e. The van der Waals surface area contributed by atoms with Crippen LogP contribution in [-0.4, -0.2) is 78.7 Å². The molecule has 2 fully saturated rings. The summed E-state index contributed by atoms with van der Waals surface area (Å²) in [6.07, 6.45) is 1.33. The molecule has 0 aliphatic carbocycles. The maximum atomic E-state index is 12.8. The zero-order chi connectivity index (χ0) is 21.1. The Morgan fingerprint density at radius 1 is 1.03 bits per heavy atom. The summed E-state index contributed by atoms with van der Waals surface area (Å²) in [5, 5.41) is 8.94. The van der Waals surface area contributed by atoms with Crippen LogP contribution in [0.15, 0.2) is 18.2 Å². The van der Waals surface area contributed by atoms with E-state index in [-0.39, 0.29) is 18.7 Å². The van der Waals surface area contributed by atoms with Crippen molar-refractivity contribution in [3.63, 3.8) is 0 Å². The summed E-state index contributed by atoms with van der Waals surface area (Å²) in [6, 6.07) is 4.28. The molecule has 3 heterocycles. The van der Waals surface area contributed by atoms with E-state index in [2.05, 4.69) is 20.9 Å². The monoisotopic (exact) mass is 413 g/mol. The Morgan fingerprint density at radius 3 is 2.57 bits per heavy atom. The van der Waals surface area contributed by atoms with Gasteiger partial charge in [-0.2, -0.15) is 0 Å². The van der Waals surface area contributed by atoms with E-state index in [0.717, 1.165) is 56.2 Å². The number of amides is 4. The van der Waals surface area contributed by atoms with Crippen molar-refractivity contribution in [3.05, 3.63) is 34.9 Å². The Bertz CT molecular complexity index is 865. The fourth-order valence-electron chi connectivity index (χ4n) is 4.22. The first-order valence-corrected chi connectivity index (χ1v) is 10.5. The van der Waals surface area contributed by atoms with Gasteiger partial charge < -0.3 is 15.5 Å². The third-order valence-corrected chi connectivity index (χ3v) is 5.87. The molecule has 1 aromatic carbocycles. The molecule has 2 saturated heterocycles. The molecule has 3 aliphatic heterocycles. The number of nitrogens with zero attached hydrogens (tertiary/aromatic N) is 2. The second kappa shape index (κ2) is 9.03. The van der Waals surface area contributed by atoms with Crippen molar-refractivity contribution < 1.29 is 19.2 Å². The van der Waals surface area contributed by atoms with E-state index >= 15 is 0 Å². The molecule has 9 heteroatoms. The molecular weight excluding hydrogens is 386 g/mol. The van der Waals surface area contributed by atoms with Crippen LogP contribution in [0.3, 0.4) is 0 Å². The fourth-order valence-corrected chi connectivity index (χ4v) is 4.22. The Hall–Kier alpha value is -2.62. The number of piperidine rings is 1. The zero-order valence-corrected chi connectivity index (χ0v) is 16.9. The van der Waals surface area contributed by atoms with E-state index in [1.54, 1.807) is 12.1 Å². The van der Waals surface area contributed by atoms with Crippen LogP contribution in [0, 0.1) is 0 Å². The van der Waals surface area contributed by atoms with Crippen LogP contribution in [0.5, 0.6) is 0 Å². The number of hydrogen-bond acceptors (Lipinski definition) is 7. The summed E-state index contributed by atoms with van der Waals surface area (Å²) >= 11 is 0. The average Bonchev–Trinajstić information content (AvgIpc) is 2.99. The summed E-state index contributed by atoms with van der Waals surface area (Å²) < 4.78 is 0. The van der Waals surface area contributed by atoms with Crippen LogP contribution < -0.4 is 16.0 Å². The van der Waals surface area contributed by atoms with Crippen LogP contribution in [-0.2, 0) is 16.1 Å². The van der Waals surface area contributed by atoms with E-state index in [1.807, 2.05) is 6.07 Å². The van der Waals surface area contributed by atoms with Crippen LogP contribution in [0.4, 0.5) is 0 Å². The quantitative estimate of drug-likeness (QED) is 0.407. The predicted octanol–water partition coefficient (Wildman–Crippen LogP) is -0.527. The van der Waals surface area contributed by atoms with E-state index in [4.69, 9.17) is 0 Å². The molecule has 1 aromatic rings. The van der Waals surface area contributed by atoms with Gasteiger partial charge in [-0.3, -0.25) is 29.4 Å². The Balaban J connectivity index is 1.32. The smallest absolute Gasteiger partial charge is 0.262 e. The number of carbonyl (C=O) groups excluding carboxylic acids is 4. The summed E-state index contributed by atoms with van der Waals surface area (Å²) in [7, 11) is 0. The molecule has 1 unspecified atom stereocenters. The van der Waals surface area contributed by atoms with Gasteiger partial charge in [0.2, 0.25) is 11.8 Å². The number of nitrogens with one attached hydrogen (secondary N) is 3. The van der Waals surface area contributed by atoms with Gasteiger partial charge in [0.05, 0.1) is 11.1 Å². The SMILES string of the molecule is O=C1CCC(N2C(=O)c3ccc(CNCCCN4CCNCC4)cc3C2=O)C(=O)N1. The van der Waals surface area contributed by atoms with Gasteiger partial charge in [0.15, 0.2) is 0 Å². The zero-order valence-electron chi connectivity index (χ0n) is 16.9. The molecule has 0 aromatic heterocycles. The number of fused-ring (bicyclic) bond motifs is 1. The van der Waals surface area contributed by atoms with Crippen LogP contribution in [0.25, 0.3) is 0 Å². The van der Waals surface area contributed by atoms with Gasteiger partial charge in [-0.1, -0.05) is 6.07 Å². The van der Waals surface area contributed by atoms with Crippen LogP contribution in [0.2, 0.25) is 0 Å². The molecular formula is C21H27N5O4. The highest BCUT2D eigenvalue weighted by Gasteiger charge is 2.44. The van der Waals surface area contributed by atoms with Crippen molar-refractivity contribution in [2.45, 2.75) is 31.8 Å². The van der Waals surface area contributed by atoms with E-state index in [0.29, 0.717) is 17.7 Å². The standard InChI is InChI=1S/C21H27N5O4/c27-18-5-4-17(19(28)24-18)26-20(29)15-3-2-14(12-16(15)21(26)30)13-23-6-1-9-25-10-7-22-8-11-25/h2-3,12,17,22-23H,1,4-11,13H2,(H,24,27,28). The lowest BCUT2D eigenvalue weighted by atomic mass is 10.0. The van der Waals surface area contributed by atoms with Gasteiger partial charge in [-0.15, -0.1) is 0 Å². The highest BCUT2D eigenvalue weighted by atomic mass is 16.2. The minimum Gasteiger partial charge on any atom is -0.314 e. The molecule has 1 atom stereocenters. The molecule has 30 heavy (non-hydrogen) atoms. The lowest BCUT2D eigenvalue weighted by Gasteiger charge is -2.27. The highest BCUT2D eigenvalue weighted by molar-refractivity contribution is 6.23. The third-order valence-electron chi connectivity index (χ3n) is 5.87. The molecule has 3 N–H and O–H groups in total. The van der Waals surface area contributed by atoms with Gasteiger partial charge in [-0.25, -0.2) is 0 Å². The number of piperazine rings is 1. The molecule has 0 bridgehead atoms. The molecule has 4 rings (SSSR count). The Morgan fingerprint density at radius 2 is 1.80 bits per heavy atom. The molecule has 0 saturated carbocycles. The van der Waals surface area contributed by atoms with Crippen molar-refractivity contribution in [2.75, 3.05) is 39.3 Å². The fraction of sp³-hybridized carbons (Fsp3) is 0.524. The van der Waals surface area contributed by atoms with E-state index < -0.39 is 23.8 Å². The van der Waals surface area contributed by atoms with Crippen LogP contribution >= 0.6 is 0 Å². The summed E-state index contributed by atoms with van der Waals surface area (Å²) in [6.45, 7) is 6.81. The molecule has 0 spiro atoms. The van der Waals surface area contributed by atoms with Gasteiger partial charge in [-0.05, 0) is 43.6 Å². The summed E-state index contributed by atoms with van der Waals surface area (Å²) in [4.78, 5) is 52.5. The third kappa shape index (κ3) is 4.28. The van der Waals surface area contributed by atoms with E-state index in [1.165, 1.54) is 0 Å². The largest absolute Gasteiger partial charge is 0.314 e. The van der Waals surface area contributed by atoms with Gasteiger partial charge >= 0.3 is 0 Å². The topological polar surface area (TPSA) is 111 Å². The van der Waals surface area contributed by atoms with Crippen molar-refractivity contribution in [3.8, 4) is 0 Å². The number of imide groups is 2. The van der Waals surface area contributed by atoms with Crippen molar-refractivity contribution in [1.29, 1.82) is 0 Å². The average molecular weight is 413 g/mol. The minimum absolute atomic E-state index is 0.118. The van der Waals surface area contributed by atoms with Crippen LogP contribution in [0.1, 0.15) is 45.5 Å². The van der Waals surface area contributed by atoms with Crippen molar-refractivity contribution in [2.24, 2.45) is 0 Å². The molecule has 4 amide bonds. The Labute approximate surface area is 175 Å². The molecule has 3 aliphatic rings. The molecule has 160 valence electrons. The number of hydrogen-bond donors (Lipinski definition) is 3. The first-order chi connectivity index (χ1) is 14.5. The summed E-state index contributed by atoms with van der Waals surface area (Å²) in [5.74, 6) is -1.91. The van der Waals surface area contributed by atoms with E-state index in [9.17, 15) is 19.2 Å². The number of benzene rings is 1. The second-order valence-electron chi connectivity index (χ2n) is 7.95. The normalized spacial score (nSPS) is 22.4. The lowest BCUT2D eigenvalue weighted by Crippen LogP contribution is -2.54. The van der Waals surface area contributed by atoms with Gasteiger partial charge in [0.1, 0.15) is 6.04 Å². The lowest BCUT2D eigenvalue weighted by molar-refractivity contribution is -0.136. The summed E-state index contributed by atoms with van der Waals surface area (Å²) in [5.41, 5.74) is 1.55. The molecule has 0 radical (unpaired) electrons. The number of carbonyl (C=O) groups is 4. The minimum atomic E-state index is -0.929. The number of rotatable bonds is 7. The first-order valence-electron chi connectivity index (χ1n) is 10.5. The van der Waals surface area contributed by atoms with Crippen molar-refractivity contribution >= 4 is 23.6 Å². The second-order valence-corrected chi connectivity index (χ2v) is 7.95. The maximum absolute atomic E-state index is 12.8. The highest BCUT2D eigenvalue weighted by Crippen LogP contribution is 2.28. The van der Waals surface area contributed by atoms with Gasteiger partial charge in [0, 0.05) is 39.1 Å². The van der Waals surface area contributed by atoms with Gasteiger partial charge in [0.25, 0.3) is 11.8 Å². The first kappa shape index (κ1) is 20.6.